The van der Waals surface area contributed by atoms with E-state index in [1.165, 1.54) is 0 Å². The lowest BCUT2D eigenvalue weighted by atomic mass is 10.3. The molecule has 2 rings (SSSR count). The second-order valence-corrected chi connectivity index (χ2v) is 4.58. The van der Waals surface area contributed by atoms with Gasteiger partial charge >= 0.3 is 0 Å². The van der Waals surface area contributed by atoms with Crippen LogP contribution in [0.25, 0.3) is 11.4 Å². The summed E-state index contributed by atoms with van der Waals surface area (Å²) in [7, 11) is 3.62. The first-order chi connectivity index (χ1) is 8.31. The Morgan fingerprint density at radius 2 is 2.41 bits per heavy atom. The van der Waals surface area contributed by atoms with Crippen molar-refractivity contribution in [3.05, 3.63) is 22.7 Å². The van der Waals surface area contributed by atoms with Crippen LogP contribution in [-0.2, 0) is 18.3 Å². The van der Waals surface area contributed by atoms with Gasteiger partial charge in [0.1, 0.15) is 5.01 Å². The summed E-state index contributed by atoms with van der Waals surface area (Å²) in [6, 6.07) is 1.97. The summed E-state index contributed by atoms with van der Waals surface area (Å²) in [5, 5.41) is 10.6. The molecule has 0 aliphatic heterocycles. The van der Waals surface area contributed by atoms with Crippen molar-refractivity contribution in [1.82, 2.24) is 20.1 Å². The lowest BCUT2D eigenvalue weighted by Crippen LogP contribution is -2.18. The van der Waals surface area contributed by atoms with Gasteiger partial charge in [0.2, 0.25) is 0 Å². The highest BCUT2D eigenvalue weighted by atomic mass is 32.1. The lowest BCUT2D eigenvalue weighted by molar-refractivity contribution is 0.199. The number of thiazole rings is 1. The monoisotopic (exact) mass is 252 g/mol. The predicted molar refractivity (Wildman–Crippen MR) is 67.9 cm³/mol. The van der Waals surface area contributed by atoms with E-state index in [2.05, 4.69) is 20.8 Å². The summed E-state index contributed by atoms with van der Waals surface area (Å²) in [6.07, 6.45) is 1.78. The first-order valence-electron chi connectivity index (χ1n) is 5.43. The molecule has 0 amide bonds. The highest BCUT2D eigenvalue weighted by Gasteiger charge is 2.07. The van der Waals surface area contributed by atoms with E-state index in [0.717, 1.165) is 36.1 Å². The summed E-state index contributed by atoms with van der Waals surface area (Å²) in [5.74, 6) is 0. The Kier molecular flexibility index (Phi) is 4.24. The van der Waals surface area contributed by atoms with Crippen LogP contribution in [0.5, 0.6) is 0 Å². The second kappa shape index (κ2) is 5.90. The fraction of sp³-hybridized carbons (Fsp3) is 0.455. The van der Waals surface area contributed by atoms with Crippen molar-refractivity contribution in [2.45, 2.75) is 6.54 Å². The van der Waals surface area contributed by atoms with Crippen LogP contribution >= 0.6 is 11.3 Å². The van der Waals surface area contributed by atoms with Crippen molar-refractivity contribution in [2.75, 3.05) is 20.3 Å². The van der Waals surface area contributed by atoms with Crippen LogP contribution in [-0.4, -0.2) is 35.0 Å². The maximum atomic E-state index is 4.97. The number of nitrogens with zero attached hydrogens (tertiary/aromatic N) is 3. The molecule has 1 N–H and O–H groups in total. The quantitative estimate of drug-likeness (QED) is 0.787. The maximum absolute atomic E-state index is 4.97. The Bertz CT molecular complexity index is 465. The van der Waals surface area contributed by atoms with Crippen LogP contribution in [0.4, 0.5) is 0 Å². The molecule has 2 aromatic heterocycles. The molecular weight excluding hydrogens is 236 g/mol. The number of rotatable bonds is 6. The Morgan fingerprint density at radius 3 is 3.12 bits per heavy atom. The van der Waals surface area contributed by atoms with Gasteiger partial charge in [-0.2, -0.15) is 5.10 Å². The van der Waals surface area contributed by atoms with E-state index in [1.807, 2.05) is 17.8 Å². The molecule has 17 heavy (non-hydrogen) atoms. The zero-order valence-electron chi connectivity index (χ0n) is 10.0. The smallest absolute Gasteiger partial charge is 0.107 e. The number of hydrogen-bond donors (Lipinski definition) is 1. The van der Waals surface area contributed by atoms with Crippen LogP contribution in [0.1, 0.15) is 5.01 Å². The summed E-state index contributed by atoms with van der Waals surface area (Å²) in [6.45, 7) is 2.35. The van der Waals surface area contributed by atoms with Gasteiger partial charge in [-0.05, 0) is 6.07 Å². The molecule has 2 heterocycles. The van der Waals surface area contributed by atoms with Crippen molar-refractivity contribution >= 4 is 11.3 Å². The summed E-state index contributed by atoms with van der Waals surface area (Å²) >= 11 is 1.66. The van der Waals surface area contributed by atoms with Crippen molar-refractivity contribution in [3.8, 4) is 11.4 Å². The van der Waals surface area contributed by atoms with Crippen LogP contribution in [0.15, 0.2) is 17.6 Å². The normalized spacial score (nSPS) is 10.9. The molecule has 0 aliphatic rings. The molecule has 92 valence electrons. The molecule has 0 spiro atoms. The van der Waals surface area contributed by atoms with E-state index >= 15 is 0 Å². The fourth-order valence-corrected chi connectivity index (χ4v) is 2.26. The maximum Gasteiger partial charge on any atom is 0.107 e. The number of aryl methyl sites for hydroxylation is 1. The molecule has 0 bridgehead atoms. The molecular formula is C11H16N4OS. The van der Waals surface area contributed by atoms with Gasteiger partial charge in [-0.3, -0.25) is 4.68 Å². The van der Waals surface area contributed by atoms with Gasteiger partial charge in [-0.15, -0.1) is 11.3 Å². The van der Waals surface area contributed by atoms with E-state index in [9.17, 15) is 0 Å². The van der Waals surface area contributed by atoms with Crippen LogP contribution in [0.2, 0.25) is 0 Å². The van der Waals surface area contributed by atoms with Gasteiger partial charge in [0.05, 0.1) is 18.0 Å². The summed E-state index contributed by atoms with van der Waals surface area (Å²) in [5.41, 5.74) is 2.03. The Hall–Kier alpha value is -1.24. The van der Waals surface area contributed by atoms with Gasteiger partial charge in [0.25, 0.3) is 0 Å². The minimum absolute atomic E-state index is 0.722. The first kappa shape index (κ1) is 12.2. The number of aromatic nitrogens is 3. The van der Waals surface area contributed by atoms with Crippen molar-refractivity contribution < 1.29 is 4.74 Å². The Morgan fingerprint density at radius 1 is 1.53 bits per heavy atom. The van der Waals surface area contributed by atoms with E-state index in [0.29, 0.717) is 0 Å². The third kappa shape index (κ3) is 3.12. The molecule has 6 heteroatoms. The summed E-state index contributed by atoms with van der Waals surface area (Å²) in [4.78, 5) is 4.57. The Labute approximate surface area is 104 Å². The zero-order chi connectivity index (χ0) is 12.1. The average Bonchev–Trinajstić information content (AvgIpc) is 2.93. The van der Waals surface area contributed by atoms with Gasteiger partial charge in [0, 0.05) is 38.8 Å². The molecule has 0 unspecified atom stereocenters. The highest BCUT2D eigenvalue weighted by molar-refractivity contribution is 7.09. The standard InChI is InChI=1S/C11H16N4OS/c1-15-10(3-4-13-15)9-8-17-11(14-9)7-12-5-6-16-2/h3-4,8,12H,5-7H2,1-2H3. The number of hydrogen-bond acceptors (Lipinski definition) is 5. The van der Waals surface area contributed by atoms with Gasteiger partial charge in [0.15, 0.2) is 0 Å². The van der Waals surface area contributed by atoms with Crippen molar-refractivity contribution in [1.29, 1.82) is 0 Å². The molecule has 0 atom stereocenters. The van der Waals surface area contributed by atoms with Gasteiger partial charge < -0.3 is 10.1 Å². The number of ether oxygens (including phenoxy) is 1. The molecule has 0 aromatic carbocycles. The largest absolute Gasteiger partial charge is 0.383 e. The van der Waals surface area contributed by atoms with Gasteiger partial charge in [-0.1, -0.05) is 0 Å². The SMILES string of the molecule is COCCNCc1nc(-c2ccnn2C)cs1. The third-order valence-corrected chi connectivity index (χ3v) is 3.24. The third-order valence-electron chi connectivity index (χ3n) is 2.39. The van der Waals surface area contributed by atoms with Crippen LogP contribution < -0.4 is 5.32 Å². The molecule has 0 saturated heterocycles. The number of nitrogens with one attached hydrogen (secondary N) is 1. The molecule has 0 radical (unpaired) electrons. The van der Waals surface area contributed by atoms with E-state index < -0.39 is 0 Å². The highest BCUT2D eigenvalue weighted by Crippen LogP contribution is 2.20. The lowest BCUT2D eigenvalue weighted by Gasteiger charge is -2.00. The Balaban J connectivity index is 1.95. The van der Waals surface area contributed by atoms with Crippen molar-refractivity contribution in [2.24, 2.45) is 7.05 Å². The minimum atomic E-state index is 0.722. The van der Waals surface area contributed by atoms with Crippen molar-refractivity contribution in [3.63, 3.8) is 0 Å². The van der Waals surface area contributed by atoms with E-state index in [4.69, 9.17) is 4.74 Å². The molecule has 0 saturated carbocycles. The molecule has 0 fully saturated rings. The molecule has 0 aliphatic carbocycles. The van der Waals surface area contributed by atoms with Gasteiger partial charge in [-0.25, -0.2) is 4.98 Å². The fourth-order valence-electron chi connectivity index (χ4n) is 1.50. The number of methoxy groups -OCH3 is 1. The second-order valence-electron chi connectivity index (χ2n) is 3.64. The molecule has 2 aromatic rings. The average molecular weight is 252 g/mol. The van der Waals surface area contributed by atoms with Crippen LogP contribution in [0, 0.1) is 0 Å². The molecule has 5 nitrogen and oxygen atoms in total. The summed E-state index contributed by atoms with van der Waals surface area (Å²) < 4.78 is 6.80. The minimum Gasteiger partial charge on any atom is -0.383 e. The zero-order valence-corrected chi connectivity index (χ0v) is 10.8. The predicted octanol–water partition coefficient (Wildman–Crippen LogP) is 1.28. The first-order valence-corrected chi connectivity index (χ1v) is 6.31. The van der Waals surface area contributed by atoms with E-state index in [-0.39, 0.29) is 0 Å². The van der Waals surface area contributed by atoms with Crippen LogP contribution in [0.3, 0.4) is 0 Å². The topological polar surface area (TPSA) is 52.0 Å². The van der Waals surface area contributed by atoms with E-state index in [1.54, 1.807) is 24.6 Å².